The maximum absolute atomic E-state index is 9.57. The molecule has 8 nitrogen and oxygen atoms in total. The summed E-state index contributed by atoms with van der Waals surface area (Å²) in [6.45, 7) is 8.68. The summed E-state index contributed by atoms with van der Waals surface area (Å²) in [6, 6.07) is 74.1. The first-order valence-corrected chi connectivity index (χ1v) is 33.8. The molecule has 0 bridgehead atoms. The van der Waals surface area contributed by atoms with Crippen molar-refractivity contribution in [2.75, 3.05) is 0 Å². The van der Waals surface area contributed by atoms with E-state index in [0.29, 0.717) is 28.6 Å². The highest BCUT2D eigenvalue weighted by atomic mass is 32.1. The highest BCUT2D eigenvalue weighted by Gasteiger charge is 2.53. The minimum absolute atomic E-state index is 0.0186. The van der Waals surface area contributed by atoms with E-state index in [1.807, 2.05) is 59.9 Å². The van der Waals surface area contributed by atoms with Gasteiger partial charge in [0.25, 0.3) is 0 Å². The second-order valence-electron chi connectivity index (χ2n) is 23.8. The molecule has 0 saturated heterocycles. The average Bonchev–Trinajstić information content (AvgIpc) is 1.50. The summed E-state index contributed by atoms with van der Waals surface area (Å²) in [5, 5.41) is 39.4. The first-order valence-electron chi connectivity index (χ1n) is 29.9. The molecule has 0 N–H and O–H groups in total. The number of allylic oxidation sites excluding steroid dienone is 8. The van der Waals surface area contributed by atoms with Gasteiger partial charge in [0.1, 0.15) is 57.5 Å². The monoisotopic (exact) mass is 1270 g/mol. The Morgan fingerprint density at radius 2 is 0.837 bits per heavy atom. The van der Waals surface area contributed by atoms with Crippen molar-refractivity contribution in [2.24, 2.45) is 0 Å². The molecule has 5 aromatic heterocycles. The van der Waals surface area contributed by atoms with Crippen LogP contribution in [0.25, 0.3) is 97.2 Å². The van der Waals surface area contributed by atoms with Gasteiger partial charge in [0.05, 0.1) is 34.3 Å². The molecular formula is C79H48N8S5. The zero-order valence-corrected chi connectivity index (χ0v) is 54.0. The van der Waals surface area contributed by atoms with E-state index >= 15 is 0 Å². The van der Waals surface area contributed by atoms with E-state index in [4.69, 9.17) is 8.75 Å². The van der Waals surface area contributed by atoms with Crippen molar-refractivity contribution in [3.05, 3.63) is 294 Å². The molecule has 5 heterocycles. The van der Waals surface area contributed by atoms with Gasteiger partial charge >= 0.3 is 0 Å². The van der Waals surface area contributed by atoms with Gasteiger partial charge in [-0.3, -0.25) is 0 Å². The number of hydrogen-bond donors (Lipinski definition) is 0. The predicted molar refractivity (Wildman–Crippen MR) is 378 cm³/mol. The second kappa shape index (κ2) is 22.1. The minimum Gasteiger partial charge on any atom is -0.192 e. The molecule has 13 heteroatoms. The van der Waals surface area contributed by atoms with Crippen molar-refractivity contribution in [2.45, 2.75) is 44.9 Å². The number of benzene rings is 8. The van der Waals surface area contributed by atoms with Crippen molar-refractivity contribution < 1.29 is 0 Å². The zero-order valence-electron chi connectivity index (χ0n) is 50.0. The van der Waals surface area contributed by atoms with Crippen LogP contribution in [0.2, 0.25) is 0 Å². The maximum Gasteiger partial charge on any atom is 0.130 e. The Kier molecular flexibility index (Phi) is 13.6. The molecule has 0 atom stereocenters. The Labute approximate surface area is 551 Å². The number of aryl methyl sites for hydroxylation is 4. The van der Waals surface area contributed by atoms with Crippen LogP contribution in [0.5, 0.6) is 0 Å². The number of rotatable bonds is 10. The standard InChI is InChI=1S/C79H48N8S5/c1-44-5-17-54(18-6-44)78(55-19-7-45(2)8-20-55)64-28-16-50(68-29-30-69(88-68)59-26-14-51(33-48(40-80)41-81)74-76(59)86-91-84-74)13-25-58(64)62-37-66-63(38-65(62)78)61-35-53-36-73(71-32-31-70(89-71)60-27-15-52(34-49(42-82)43-83)75-77(60)87-92-85-75)90-72(53)39-67(61)79(66,56-21-9-46(3)10-22-56)57-23-11-47(4)12-24-57/h5-15,17-39H,16H2,1-4H3. The smallest absolute Gasteiger partial charge is 0.130 e. The fraction of sp³-hybridized carbons (Fsp3) is 0.0886. The molecule has 0 fully saturated rings. The van der Waals surface area contributed by atoms with E-state index in [9.17, 15) is 21.0 Å². The summed E-state index contributed by atoms with van der Waals surface area (Å²) in [5.41, 5.74) is 25.5. The Morgan fingerprint density at radius 3 is 1.36 bits per heavy atom. The summed E-state index contributed by atoms with van der Waals surface area (Å²) in [5.74, 6) is 0. The van der Waals surface area contributed by atoms with Crippen molar-refractivity contribution in [1.29, 1.82) is 21.0 Å². The third kappa shape index (κ3) is 8.81. The largest absolute Gasteiger partial charge is 0.192 e. The molecule has 3 aliphatic carbocycles. The van der Waals surface area contributed by atoms with Gasteiger partial charge in [-0.15, -0.1) is 34.0 Å². The van der Waals surface area contributed by atoms with Gasteiger partial charge in [0.2, 0.25) is 0 Å². The minimum atomic E-state index is -0.714. The second-order valence-corrected chi connectivity index (χ2v) is 28.1. The topological polar surface area (TPSA) is 147 Å². The van der Waals surface area contributed by atoms with E-state index in [1.54, 1.807) is 34.8 Å². The van der Waals surface area contributed by atoms with Gasteiger partial charge in [-0.1, -0.05) is 162 Å². The number of nitriles is 4. The normalized spacial score (nSPS) is 13.9. The zero-order chi connectivity index (χ0) is 62.6. The molecule has 0 aliphatic heterocycles. The summed E-state index contributed by atoms with van der Waals surface area (Å²) < 4.78 is 19.9. The Morgan fingerprint density at radius 1 is 0.402 bits per heavy atom. The summed E-state index contributed by atoms with van der Waals surface area (Å²) in [7, 11) is 0. The van der Waals surface area contributed by atoms with Crippen LogP contribution >= 0.6 is 57.5 Å². The van der Waals surface area contributed by atoms with Crippen LogP contribution in [0.1, 0.15) is 89.2 Å². The molecule has 0 spiro atoms. The lowest BCUT2D eigenvalue weighted by Crippen LogP contribution is -2.30. The third-order valence-corrected chi connectivity index (χ3v) is 23.2. The molecule has 0 unspecified atom stereocenters. The lowest BCUT2D eigenvalue weighted by atomic mass is 9.65. The van der Waals surface area contributed by atoms with Crippen molar-refractivity contribution in [3.8, 4) is 66.0 Å². The quantitative estimate of drug-likeness (QED) is 0.123. The van der Waals surface area contributed by atoms with Gasteiger partial charge in [-0.05, 0) is 179 Å². The lowest BCUT2D eigenvalue weighted by Gasteiger charge is -2.36. The van der Waals surface area contributed by atoms with Crippen LogP contribution in [-0.4, -0.2) is 17.5 Å². The number of aromatic nitrogens is 4. The van der Waals surface area contributed by atoms with Crippen molar-refractivity contribution in [3.63, 3.8) is 0 Å². The van der Waals surface area contributed by atoms with Crippen LogP contribution in [0, 0.1) is 73.0 Å². The third-order valence-electron chi connectivity index (χ3n) is 18.5. The molecule has 3 aliphatic rings. The molecule has 0 saturated carbocycles. The SMILES string of the molecule is Cc1ccc(C2(c3ccc(C)cc3)C3=CCC(c4ccc(-c5ccc(C=C(C#N)C#N)c6nsnc56)s4)=CC=C3c3cc4c(cc32)-c2cc3cc(-c5ccc(-c6ccc(C=C(C#N)C#N)c7nsnc67)s5)sc3cc2C4(c2ccc(C)cc2)c2ccc(C)cc2)cc1. The lowest BCUT2D eigenvalue weighted by molar-refractivity contribution is 0.756. The highest BCUT2D eigenvalue weighted by Crippen LogP contribution is 2.64. The predicted octanol–water partition coefficient (Wildman–Crippen LogP) is 20.6. The van der Waals surface area contributed by atoms with E-state index in [2.05, 4.69) is 206 Å². The number of thiophene rings is 3. The number of nitrogens with zero attached hydrogens (tertiary/aromatic N) is 8. The fourth-order valence-electron chi connectivity index (χ4n) is 14.1. The summed E-state index contributed by atoms with van der Waals surface area (Å²) >= 11 is 7.56. The van der Waals surface area contributed by atoms with Gasteiger partial charge in [0.15, 0.2) is 0 Å². The van der Waals surface area contributed by atoms with Crippen LogP contribution in [0.4, 0.5) is 0 Å². The Bertz CT molecular complexity index is 5510. The summed E-state index contributed by atoms with van der Waals surface area (Å²) in [4.78, 5) is 5.62. The van der Waals surface area contributed by atoms with Crippen molar-refractivity contribution >= 4 is 113 Å². The van der Waals surface area contributed by atoms with E-state index in [0.717, 1.165) is 65.1 Å². The highest BCUT2D eigenvalue weighted by molar-refractivity contribution is 7.27. The van der Waals surface area contributed by atoms with Gasteiger partial charge in [-0.2, -0.15) is 38.5 Å². The first-order chi connectivity index (χ1) is 45.0. The fourth-order valence-corrected chi connectivity index (χ4v) is 18.5. The molecule has 92 heavy (non-hydrogen) atoms. The molecule has 434 valence electrons. The average molecular weight is 1270 g/mol. The van der Waals surface area contributed by atoms with E-state index < -0.39 is 10.8 Å². The molecule has 8 aromatic carbocycles. The number of hydrogen-bond acceptors (Lipinski definition) is 13. The molecular weight excluding hydrogens is 1220 g/mol. The molecule has 13 aromatic rings. The van der Waals surface area contributed by atoms with E-state index in [-0.39, 0.29) is 11.1 Å². The Balaban J connectivity index is 0.902. The van der Waals surface area contributed by atoms with Crippen molar-refractivity contribution in [1.82, 2.24) is 17.5 Å². The van der Waals surface area contributed by atoms with Crippen LogP contribution < -0.4 is 0 Å². The van der Waals surface area contributed by atoms with E-state index in [1.165, 1.54) is 110 Å². The van der Waals surface area contributed by atoms with Crippen LogP contribution in [0.3, 0.4) is 0 Å². The molecule has 0 amide bonds. The van der Waals surface area contributed by atoms with Gasteiger partial charge in [0, 0.05) is 51.3 Å². The Hall–Kier alpha value is -10.6. The van der Waals surface area contributed by atoms with Crippen LogP contribution in [-0.2, 0) is 10.8 Å². The molecule has 16 rings (SSSR count). The summed E-state index contributed by atoms with van der Waals surface area (Å²) in [6.07, 6.45) is 11.1. The first kappa shape index (κ1) is 56.6. The van der Waals surface area contributed by atoms with Gasteiger partial charge < -0.3 is 0 Å². The maximum atomic E-state index is 9.57. The molecule has 0 radical (unpaired) electrons. The number of fused-ring (bicyclic) bond motifs is 9. The van der Waals surface area contributed by atoms with Gasteiger partial charge in [-0.25, -0.2) is 0 Å². The van der Waals surface area contributed by atoms with Crippen LogP contribution in [0.15, 0.2) is 211 Å².